The van der Waals surface area contributed by atoms with Crippen molar-refractivity contribution in [1.29, 1.82) is 0 Å². The monoisotopic (exact) mass is 217 g/mol. The summed E-state index contributed by atoms with van der Waals surface area (Å²) in [5.41, 5.74) is 2.55. The van der Waals surface area contributed by atoms with Crippen molar-refractivity contribution in [3.8, 4) is 0 Å². The van der Waals surface area contributed by atoms with Gasteiger partial charge in [0.1, 0.15) is 5.82 Å². The molecule has 0 bridgehead atoms. The van der Waals surface area contributed by atoms with Crippen molar-refractivity contribution >= 4 is 0 Å². The van der Waals surface area contributed by atoms with Crippen molar-refractivity contribution in [2.75, 3.05) is 7.05 Å². The zero-order chi connectivity index (χ0) is 11.4. The van der Waals surface area contributed by atoms with Gasteiger partial charge in [-0.3, -0.25) is 0 Å². The Bertz CT molecular complexity index is 367. The fourth-order valence-corrected chi connectivity index (χ4v) is 2.16. The summed E-state index contributed by atoms with van der Waals surface area (Å²) in [4.78, 5) is 8.82. The topological polar surface area (TPSA) is 37.8 Å². The third kappa shape index (κ3) is 2.47. The predicted molar refractivity (Wildman–Crippen MR) is 65.1 cm³/mol. The number of likely N-dealkylation sites (N-methyl/N-ethyl adjacent to an activating group) is 1. The van der Waals surface area contributed by atoms with E-state index < -0.39 is 0 Å². The third-order valence-corrected chi connectivity index (χ3v) is 3.04. The second-order valence-electron chi connectivity index (χ2n) is 4.37. The van der Waals surface area contributed by atoms with Crippen molar-refractivity contribution in [2.24, 2.45) is 0 Å². The lowest BCUT2D eigenvalue weighted by molar-refractivity contribution is 0.569. The van der Waals surface area contributed by atoms with Gasteiger partial charge in [-0.05, 0) is 50.8 Å². The molecule has 0 saturated carbocycles. The maximum absolute atomic E-state index is 4.41. The minimum absolute atomic E-state index is 0.195. The van der Waals surface area contributed by atoms with E-state index in [1.54, 1.807) is 0 Å². The van der Waals surface area contributed by atoms with Gasteiger partial charge in [0.25, 0.3) is 0 Å². The van der Waals surface area contributed by atoms with Gasteiger partial charge >= 0.3 is 0 Å². The summed E-state index contributed by atoms with van der Waals surface area (Å²) < 4.78 is 0. The number of nitrogens with one attached hydrogen (secondary N) is 1. The van der Waals surface area contributed by atoms with E-state index >= 15 is 0 Å². The Kier molecular flexibility index (Phi) is 3.67. The molecule has 1 atom stereocenters. The lowest BCUT2D eigenvalue weighted by Gasteiger charge is -2.21. The minimum atomic E-state index is 0.195. The highest BCUT2D eigenvalue weighted by molar-refractivity contribution is 5.19. The van der Waals surface area contributed by atoms with Crippen LogP contribution in [0.4, 0.5) is 0 Å². The second-order valence-corrected chi connectivity index (χ2v) is 4.37. The van der Waals surface area contributed by atoms with Gasteiger partial charge in [-0.15, -0.1) is 0 Å². The standard InChI is InChI=1S/C13H19N3/c1-10-8-15-13(16-9-10)12(14-2)11-6-4-3-5-7-11/h6,8-9,12,14H,3-5,7H2,1-2H3. The molecule has 0 saturated heterocycles. The molecule has 3 nitrogen and oxygen atoms in total. The lowest BCUT2D eigenvalue weighted by atomic mass is 9.93. The van der Waals surface area contributed by atoms with Crippen molar-refractivity contribution in [3.63, 3.8) is 0 Å². The van der Waals surface area contributed by atoms with Crippen molar-refractivity contribution in [2.45, 2.75) is 38.6 Å². The van der Waals surface area contributed by atoms with E-state index in [-0.39, 0.29) is 6.04 Å². The van der Waals surface area contributed by atoms with E-state index in [1.807, 2.05) is 26.4 Å². The zero-order valence-corrected chi connectivity index (χ0v) is 10.0. The van der Waals surface area contributed by atoms with Gasteiger partial charge in [-0.25, -0.2) is 9.97 Å². The van der Waals surface area contributed by atoms with Gasteiger partial charge in [-0.2, -0.15) is 0 Å². The molecule has 1 N–H and O–H groups in total. The third-order valence-electron chi connectivity index (χ3n) is 3.04. The van der Waals surface area contributed by atoms with Gasteiger partial charge in [0.2, 0.25) is 0 Å². The first kappa shape index (κ1) is 11.3. The van der Waals surface area contributed by atoms with Crippen LogP contribution in [0.3, 0.4) is 0 Å². The molecule has 0 radical (unpaired) electrons. The second kappa shape index (κ2) is 5.21. The van der Waals surface area contributed by atoms with Crippen LogP contribution < -0.4 is 5.32 Å². The van der Waals surface area contributed by atoms with Gasteiger partial charge < -0.3 is 5.32 Å². The van der Waals surface area contributed by atoms with Crippen LogP contribution in [0, 0.1) is 6.92 Å². The molecule has 0 fully saturated rings. The van der Waals surface area contributed by atoms with Crippen LogP contribution >= 0.6 is 0 Å². The Hall–Kier alpha value is -1.22. The SMILES string of the molecule is CNC(C1=CCCCC1)c1ncc(C)cn1. The van der Waals surface area contributed by atoms with Crippen LogP contribution in [-0.4, -0.2) is 17.0 Å². The Morgan fingerprint density at radius 3 is 2.56 bits per heavy atom. The first-order valence-corrected chi connectivity index (χ1v) is 5.96. The van der Waals surface area contributed by atoms with E-state index in [0.29, 0.717) is 0 Å². The highest BCUT2D eigenvalue weighted by Gasteiger charge is 2.18. The van der Waals surface area contributed by atoms with Gasteiger partial charge in [0, 0.05) is 12.4 Å². The highest BCUT2D eigenvalue weighted by Crippen LogP contribution is 2.27. The van der Waals surface area contributed by atoms with Crippen molar-refractivity contribution < 1.29 is 0 Å². The van der Waals surface area contributed by atoms with Gasteiger partial charge in [0.05, 0.1) is 6.04 Å². The maximum atomic E-state index is 4.41. The molecule has 1 heterocycles. The average molecular weight is 217 g/mol. The molecule has 86 valence electrons. The van der Waals surface area contributed by atoms with Gasteiger partial charge in [0.15, 0.2) is 0 Å². The Morgan fingerprint density at radius 2 is 2.00 bits per heavy atom. The van der Waals surface area contributed by atoms with E-state index in [9.17, 15) is 0 Å². The molecule has 1 aromatic heterocycles. The zero-order valence-electron chi connectivity index (χ0n) is 10.0. The minimum Gasteiger partial charge on any atom is -0.307 e. The summed E-state index contributed by atoms with van der Waals surface area (Å²) in [7, 11) is 1.98. The largest absolute Gasteiger partial charge is 0.307 e. The molecule has 1 aliphatic rings. The number of nitrogens with zero attached hydrogens (tertiary/aromatic N) is 2. The summed E-state index contributed by atoms with van der Waals surface area (Å²) in [6.07, 6.45) is 11.1. The maximum Gasteiger partial charge on any atom is 0.149 e. The first-order valence-electron chi connectivity index (χ1n) is 5.96. The molecule has 2 rings (SSSR count). The lowest BCUT2D eigenvalue weighted by Crippen LogP contribution is -2.22. The molecule has 1 aliphatic carbocycles. The van der Waals surface area contributed by atoms with E-state index in [4.69, 9.17) is 0 Å². The van der Waals surface area contributed by atoms with E-state index in [0.717, 1.165) is 11.4 Å². The number of aromatic nitrogens is 2. The fourth-order valence-electron chi connectivity index (χ4n) is 2.16. The molecule has 1 aromatic rings. The van der Waals surface area contributed by atoms with Gasteiger partial charge in [-0.1, -0.05) is 6.08 Å². The Balaban J connectivity index is 2.21. The summed E-state index contributed by atoms with van der Waals surface area (Å²) in [6.45, 7) is 2.01. The Morgan fingerprint density at radius 1 is 1.25 bits per heavy atom. The Labute approximate surface area is 97.0 Å². The molecule has 1 unspecified atom stereocenters. The first-order chi connectivity index (χ1) is 7.81. The number of hydrogen-bond acceptors (Lipinski definition) is 3. The summed E-state index contributed by atoms with van der Waals surface area (Å²) in [5.74, 6) is 0.890. The number of allylic oxidation sites excluding steroid dienone is 1. The number of aryl methyl sites for hydroxylation is 1. The van der Waals surface area contributed by atoms with Crippen LogP contribution in [0.25, 0.3) is 0 Å². The molecular formula is C13H19N3. The molecule has 0 spiro atoms. The molecule has 0 aromatic carbocycles. The summed E-state index contributed by atoms with van der Waals surface area (Å²) in [6, 6.07) is 0.195. The molecule has 16 heavy (non-hydrogen) atoms. The van der Waals surface area contributed by atoms with Crippen LogP contribution in [0.1, 0.15) is 43.1 Å². The summed E-state index contributed by atoms with van der Waals surface area (Å²) in [5, 5.41) is 3.31. The molecule has 0 aliphatic heterocycles. The normalized spacial score (nSPS) is 18.0. The number of rotatable bonds is 3. The van der Waals surface area contributed by atoms with E-state index in [2.05, 4.69) is 21.4 Å². The van der Waals surface area contributed by atoms with E-state index in [1.165, 1.54) is 31.3 Å². The number of hydrogen-bond donors (Lipinski definition) is 1. The molecule has 0 amide bonds. The molecule has 3 heteroatoms. The van der Waals surface area contributed by atoms with Crippen LogP contribution in [0.15, 0.2) is 24.0 Å². The van der Waals surface area contributed by atoms with Crippen LogP contribution in [0.2, 0.25) is 0 Å². The van der Waals surface area contributed by atoms with Crippen molar-refractivity contribution in [1.82, 2.24) is 15.3 Å². The van der Waals surface area contributed by atoms with Crippen molar-refractivity contribution in [3.05, 3.63) is 35.4 Å². The fraction of sp³-hybridized carbons (Fsp3) is 0.538. The molecular weight excluding hydrogens is 198 g/mol. The van der Waals surface area contributed by atoms with Crippen LogP contribution in [0.5, 0.6) is 0 Å². The van der Waals surface area contributed by atoms with Crippen LogP contribution in [-0.2, 0) is 0 Å². The average Bonchev–Trinajstić information content (AvgIpc) is 2.34. The summed E-state index contributed by atoms with van der Waals surface area (Å²) >= 11 is 0. The quantitative estimate of drug-likeness (QED) is 0.791. The highest BCUT2D eigenvalue weighted by atomic mass is 15.0. The smallest absolute Gasteiger partial charge is 0.149 e. The predicted octanol–water partition coefficient (Wildman–Crippen LogP) is 2.55.